The number of rotatable bonds is 9. The molecule has 0 aliphatic heterocycles. The van der Waals surface area contributed by atoms with Crippen molar-refractivity contribution in [3.63, 3.8) is 0 Å². The zero-order valence-electron chi connectivity index (χ0n) is 18.9. The molecule has 0 spiro atoms. The standard InChI is InChI=1S/C23H26ClN3O5S/c1-5-27(33(29,30)22-16(2)25-26(3)23(22)24)21(28)14-18-11-12-19(20(13-18)31-4)32-15-17-9-7-6-8-10-17/h6-13H,5,14-15H2,1-4H3. The minimum atomic E-state index is -4.16. The predicted molar refractivity (Wildman–Crippen MR) is 125 cm³/mol. The van der Waals surface area contributed by atoms with Gasteiger partial charge in [-0.05, 0) is 37.1 Å². The van der Waals surface area contributed by atoms with Crippen molar-refractivity contribution < 1.29 is 22.7 Å². The molecule has 1 aromatic heterocycles. The van der Waals surface area contributed by atoms with Gasteiger partial charge in [-0.1, -0.05) is 48.0 Å². The lowest BCUT2D eigenvalue weighted by atomic mass is 10.1. The maximum Gasteiger partial charge on any atom is 0.271 e. The molecular formula is C23H26ClN3O5S. The predicted octanol–water partition coefficient (Wildman–Crippen LogP) is 3.75. The van der Waals surface area contributed by atoms with Crippen LogP contribution >= 0.6 is 11.6 Å². The Morgan fingerprint density at radius 3 is 2.39 bits per heavy atom. The summed E-state index contributed by atoms with van der Waals surface area (Å²) in [6, 6.07) is 14.8. The van der Waals surface area contributed by atoms with Gasteiger partial charge in [0.15, 0.2) is 11.5 Å². The zero-order valence-corrected chi connectivity index (χ0v) is 20.5. The maximum absolute atomic E-state index is 13.2. The van der Waals surface area contributed by atoms with Crippen molar-refractivity contribution >= 4 is 27.5 Å². The highest BCUT2D eigenvalue weighted by molar-refractivity contribution is 7.89. The summed E-state index contributed by atoms with van der Waals surface area (Å²) >= 11 is 6.15. The summed E-state index contributed by atoms with van der Waals surface area (Å²) in [5, 5.41) is 4.00. The van der Waals surface area contributed by atoms with E-state index in [0.717, 1.165) is 9.87 Å². The third-order valence-electron chi connectivity index (χ3n) is 5.03. The molecule has 0 saturated heterocycles. The van der Waals surface area contributed by atoms with E-state index in [4.69, 9.17) is 21.1 Å². The van der Waals surface area contributed by atoms with Crippen LogP contribution in [0.15, 0.2) is 53.4 Å². The minimum Gasteiger partial charge on any atom is -0.493 e. The van der Waals surface area contributed by atoms with E-state index in [1.807, 2.05) is 30.3 Å². The highest BCUT2D eigenvalue weighted by Gasteiger charge is 2.33. The summed E-state index contributed by atoms with van der Waals surface area (Å²) < 4.78 is 39.7. The second-order valence-corrected chi connectivity index (χ2v) is 9.49. The van der Waals surface area contributed by atoms with E-state index < -0.39 is 15.9 Å². The van der Waals surface area contributed by atoms with Crippen LogP contribution in [0, 0.1) is 6.92 Å². The number of sulfonamides is 1. The molecule has 1 heterocycles. The first-order valence-corrected chi connectivity index (χ1v) is 12.1. The van der Waals surface area contributed by atoms with Crippen LogP contribution in [-0.2, 0) is 34.9 Å². The molecule has 176 valence electrons. The quantitative estimate of drug-likeness (QED) is 0.452. The number of nitrogens with zero attached hydrogens (tertiary/aromatic N) is 3. The smallest absolute Gasteiger partial charge is 0.271 e. The number of aromatic nitrogens is 2. The number of aryl methyl sites for hydroxylation is 2. The number of methoxy groups -OCH3 is 1. The maximum atomic E-state index is 13.2. The van der Waals surface area contributed by atoms with Crippen molar-refractivity contribution in [3.8, 4) is 11.5 Å². The average molecular weight is 492 g/mol. The first kappa shape index (κ1) is 24.6. The SMILES string of the molecule is CCN(C(=O)Cc1ccc(OCc2ccccc2)c(OC)c1)S(=O)(=O)c1c(C)nn(C)c1Cl. The molecule has 0 bridgehead atoms. The van der Waals surface area contributed by atoms with E-state index in [-0.39, 0.29) is 28.7 Å². The average Bonchev–Trinajstić information content (AvgIpc) is 3.05. The summed E-state index contributed by atoms with van der Waals surface area (Å²) in [6.45, 7) is 3.45. The number of hydrogen-bond donors (Lipinski definition) is 0. The highest BCUT2D eigenvalue weighted by atomic mass is 35.5. The number of amides is 1. The van der Waals surface area contributed by atoms with Crippen LogP contribution in [0.5, 0.6) is 11.5 Å². The molecule has 2 aromatic carbocycles. The largest absolute Gasteiger partial charge is 0.493 e. The van der Waals surface area contributed by atoms with Gasteiger partial charge in [-0.2, -0.15) is 5.10 Å². The van der Waals surface area contributed by atoms with Crippen LogP contribution < -0.4 is 9.47 Å². The van der Waals surface area contributed by atoms with Crippen molar-refractivity contribution in [1.29, 1.82) is 0 Å². The van der Waals surface area contributed by atoms with Gasteiger partial charge in [-0.25, -0.2) is 12.7 Å². The van der Waals surface area contributed by atoms with Crippen LogP contribution in [0.2, 0.25) is 5.15 Å². The van der Waals surface area contributed by atoms with Crippen molar-refractivity contribution in [2.45, 2.75) is 31.8 Å². The van der Waals surface area contributed by atoms with Gasteiger partial charge < -0.3 is 9.47 Å². The van der Waals surface area contributed by atoms with Crippen LogP contribution in [0.4, 0.5) is 0 Å². The van der Waals surface area contributed by atoms with Crippen LogP contribution in [0.25, 0.3) is 0 Å². The molecule has 0 saturated carbocycles. The molecule has 3 rings (SSSR count). The molecule has 8 nitrogen and oxygen atoms in total. The Kier molecular flexibility index (Phi) is 7.65. The molecule has 33 heavy (non-hydrogen) atoms. The Labute approximate surface area is 198 Å². The van der Waals surface area contributed by atoms with Crippen molar-refractivity contribution in [3.05, 3.63) is 70.5 Å². The third kappa shape index (κ3) is 5.31. The zero-order chi connectivity index (χ0) is 24.2. The Bertz CT molecular complexity index is 1240. The number of ether oxygens (including phenoxy) is 2. The first-order valence-electron chi connectivity index (χ1n) is 10.3. The van der Waals surface area contributed by atoms with Gasteiger partial charge in [0.25, 0.3) is 10.0 Å². The number of likely N-dealkylation sites (N-methyl/N-ethyl adjacent to an activating group) is 1. The molecule has 3 aromatic rings. The van der Waals surface area contributed by atoms with E-state index in [9.17, 15) is 13.2 Å². The Morgan fingerprint density at radius 2 is 1.82 bits per heavy atom. The molecule has 1 amide bonds. The van der Waals surface area contributed by atoms with E-state index in [2.05, 4.69) is 5.10 Å². The Morgan fingerprint density at radius 1 is 1.12 bits per heavy atom. The molecule has 0 N–H and O–H groups in total. The second kappa shape index (κ2) is 10.3. The van der Waals surface area contributed by atoms with Crippen molar-refractivity contribution in [1.82, 2.24) is 14.1 Å². The summed E-state index contributed by atoms with van der Waals surface area (Å²) in [6.07, 6.45) is -0.140. The molecule has 0 atom stereocenters. The molecule has 0 fully saturated rings. The fourth-order valence-corrected chi connectivity index (χ4v) is 5.55. The van der Waals surface area contributed by atoms with E-state index >= 15 is 0 Å². The van der Waals surface area contributed by atoms with Gasteiger partial charge in [0.1, 0.15) is 16.7 Å². The topological polar surface area (TPSA) is 90.7 Å². The molecule has 0 radical (unpaired) electrons. The molecule has 0 aliphatic carbocycles. The first-order chi connectivity index (χ1) is 15.7. The number of carbonyl (C=O) groups excluding carboxylic acids is 1. The van der Waals surface area contributed by atoms with Gasteiger partial charge in [-0.3, -0.25) is 9.48 Å². The second-order valence-electron chi connectivity index (χ2n) is 7.33. The van der Waals surface area contributed by atoms with E-state index in [1.165, 1.54) is 18.7 Å². The van der Waals surface area contributed by atoms with Gasteiger partial charge in [0.05, 0.1) is 19.2 Å². The summed E-state index contributed by atoms with van der Waals surface area (Å²) in [7, 11) is -1.11. The Hall–Kier alpha value is -3.04. The number of halogens is 1. The van der Waals surface area contributed by atoms with Gasteiger partial charge in [0, 0.05) is 13.6 Å². The number of benzene rings is 2. The molecule has 10 heteroatoms. The van der Waals surface area contributed by atoms with E-state index in [0.29, 0.717) is 23.7 Å². The van der Waals surface area contributed by atoms with Gasteiger partial charge >= 0.3 is 0 Å². The van der Waals surface area contributed by atoms with Crippen LogP contribution in [0.1, 0.15) is 23.7 Å². The highest BCUT2D eigenvalue weighted by Crippen LogP contribution is 2.31. The third-order valence-corrected chi connectivity index (χ3v) is 7.63. The lowest BCUT2D eigenvalue weighted by Crippen LogP contribution is -2.38. The number of carbonyl (C=O) groups is 1. The van der Waals surface area contributed by atoms with Crippen molar-refractivity contribution in [2.24, 2.45) is 7.05 Å². The lowest BCUT2D eigenvalue weighted by molar-refractivity contribution is -0.125. The number of hydrogen-bond acceptors (Lipinski definition) is 6. The van der Waals surface area contributed by atoms with E-state index in [1.54, 1.807) is 32.2 Å². The summed E-state index contributed by atoms with van der Waals surface area (Å²) in [5.74, 6) is 0.389. The minimum absolute atomic E-state index is 0.0404. The lowest BCUT2D eigenvalue weighted by Gasteiger charge is -2.21. The van der Waals surface area contributed by atoms with Gasteiger partial charge in [0.2, 0.25) is 5.91 Å². The van der Waals surface area contributed by atoms with Crippen molar-refractivity contribution in [2.75, 3.05) is 13.7 Å². The summed E-state index contributed by atoms with van der Waals surface area (Å²) in [5.41, 5.74) is 1.83. The summed E-state index contributed by atoms with van der Waals surface area (Å²) in [4.78, 5) is 12.8. The Balaban J connectivity index is 1.79. The van der Waals surface area contributed by atoms with Crippen LogP contribution in [-0.4, -0.2) is 42.1 Å². The monoisotopic (exact) mass is 491 g/mol. The molecular weight excluding hydrogens is 466 g/mol. The van der Waals surface area contributed by atoms with Crippen LogP contribution in [0.3, 0.4) is 0 Å². The fraction of sp³-hybridized carbons (Fsp3) is 0.304. The normalized spacial score (nSPS) is 11.3. The fourth-order valence-electron chi connectivity index (χ4n) is 3.43. The van der Waals surface area contributed by atoms with Gasteiger partial charge in [-0.15, -0.1) is 0 Å². The molecule has 0 unspecified atom stereocenters. The molecule has 0 aliphatic rings.